The minimum Gasteiger partial charge on any atom is -0.494 e. The maximum atomic E-state index is 12.4. The number of benzene rings is 3. The smallest absolute Gasteiger partial charge is 0.255 e. The van der Waals surface area contributed by atoms with Gasteiger partial charge in [0.25, 0.3) is 5.91 Å². The zero-order valence-electron chi connectivity index (χ0n) is 16.1. The monoisotopic (exact) mass is 389 g/mol. The second-order valence-corrected chi connectivity index (χ2v) is 6.26. The molecule has 0 fully saturated rings. The van der Waals surface area contributed by atoms with Crippen LogP contribution in [0, 0.1) is 0 Å². The number of hydrogen-bond acceptors (Lipinski definition) is 4. The highest BCUT2D eigenvalue weighted by molar-refractivity contribution is 6.04. The van der Waals surface area contributed by atoms with Gasteiger partial charge in [0.1, 0.15) is 5.75 Å². The summed E-state index contributed by atoms with van der Waals surface area (Å²) in [5, 5.41) is 8.68. The molecule has 0 heterocycles. The van der Waals surface area contributed by atoms with E-state index in [0.717, 1.165) is 11.4 Å². The van der Waals surface area contributed by atoms with E-state index in [9.17, 15) is 9.59 Å². The Labute approximate surface area is 169 Å². The van der Waals surface area contributed by atoms with E-state index in [2.05, 4.69) is 16.0 Å². The van der Waals surface area contributed by atoms with Gasteiger partial charge in [0.15, 0.2) is 0 Å². The van der Waals surface area contributed by atoms with Crippen molar-refractivity contribution in [2.45, 2.75) is 6.92 Å². The van der Waals surface area contributed by atoms with Gasteiger partial charge in [-0.25, -0.2) is 0 Å². The molecule has 0 spiro atoms. The molecule has 6 heteroatoms. The Morgan fingerprint density at radius 1 is 0.759 bits per heavy atom. The fourth-order valence-corrected chi connectivity index (χ4v) is 2.65. The molecular weight excluding hydrogens is 366 g/mol. The van der Waals surface area contributed by atoms with Crippen LogP contribution in [-0.2, 0) is 4.79 Å². The first-order chi connectivity index (χ1) is 14.1. The molecule has 0 atom stereocenters. The van der Waals surface area contributed by atoms with E-state index < -0.39 is 0 Å². The number of hydrogen-bond donors (Lipinski definition) is 3. The van der Waals surface area contributed by atoms with Crippen molar-refractivity contribution < 1.29 is 14.3 Å². The molecule has 0 aliphatic heterocycles. The summed E-state index contributed by atoms with van der Waals surface area (Å²) in [6.07, 6.45) is 0. The normalized spacial score (nSPS) is 10.1. The molecule has 148 valence electrons. The van der Waals surface area contributed by atoms with E-state index in [0.29, 0.717) is 23.5 Å². The van der Waals surface area contributed by atoms with Crippen LogP contribution in [0.4, 0.5) is 17.1 Å². The summed E-state index contributed by atoms with van der Waals surface area (Å²) in [7, 11) is 0. The van der Waals surface area contributed by atoms with Gasteiger partial charge >= 0.3 is 0 Å². The summed E-state index contributed by atoms with van der Waals surface area (Å²) in [6, 6.07) is 23.4. The fraction of sp³-hybridized carbons (Fsp3) is 0.130. The average Bonchev–Trinajstić information content (AvgIpc) is 2.75. The van der Waals surface area contributed by atoms with E-state index in [-0.39, 0.29) is 18.4 Å². The Kier molecular flexibility index (Phi) is 6.84. The molecule has 2 amide bonds. The zero-order chi connectivity index (χ0) is 20.5. The Balaban J connectivity index is 1.51. The van der Waals surface area contributed by atoms with E-state index >= 15 is 0 Å². The zero-order valence-corrected chi connectivity index (χ0v) is 16.1. The lowest BCUT2D eigenvalue weighted by Crippen LogP contribution is -2.21. The molecule has 3 aromatic rings. The molecule has 0 saturated heterocycles. The molecule has 0 saturated carbocycles. The standard InChI is InChI=1S/C23H23N3O3/c1-2-29-21-14-12-20(13-15-21)26-23(28)17-8-10-19(11-9-17)25-22(27)16-24-18-6-4-3-5-7-18/h3-15,24H,2,16H2,1H3,(H,25,27)(H,26,28). The topological polar surface area (TPSA) is 79.5 Å². The van der Waals surface area contributed by atoms with Crippen LogP contribution in [-0.4, -0.2) is 25.0 Å². The van der Waals surface area contributed by atoms with Crippen molar-refractivity contribution in [3.05, 3.63) is 84.4 Å². The van der Waals surface area contributed by atoms with Crippen LogP contribution in [0.25, 0.3) is 0 Å². The number of nitrogens with one attached hydrogen (secondary N) is 3. The summed E-state index contributed by atoms with van der Waals surface area (Å²) in [4.78, 5) is 24.4. The number of anilines is 3. The molecule has 3 aromatic carbocycles. The Bertz CT molecular complexity index is 939. The summed E-state index contributed by atoms with van der Waals surface area (Å²) in [5.41, 5.74) is 2.69. The van der Waals surface area contributed by atoms with Gasteiger partial charge in [-0.05, 0) is 67.6 Å². The van der Waals surface area contributed by atoms with Crippen molar-refractivity contribution in [1.29, 1.82) is 0 Å². The van der Waals surface area contributed by atoms with Gasteiger partial charge in [0.05, 0.1) is 13.2 Å². The summed E-state index contributed by atoms with van der Waals surface area (Å²) in [6.45, 7) is 2.67. The van der Waals surface area contributed by atoms with Gasteiger partial charge in [-0.15, -0.1) is 0 Å². The average molecular weight is 389 g/mol. The molecule has 29 heavy (non-hydrogen) atoms. The molecule has 0 unspecified atom stereocenters. The SMILES string of the molecule is CCOc1ccc(NC(=O)c2ccc(NC(=O)CNc3ccccc3)cc2)cc1. The van der Waals surface area contributed by atoms with Crippen molar-refractivity contribution >= 4 is 28.9 Å². The number of carbonyl (C=O) groups excluding carboxylic acids is 2. The Morgan fingerprint density at radius 2 is 1.38 bits per heavy atom. The minimum atomic E-state index is -0.224. The van der Waals surface area contributed by atoms with Crippen LogP contribution in [0.15, 0.2) is 78.9 Å². The Hall–Kier alpha value is -3.80. The quantitative estimate of drug-likeness (QED) is 0.534. The first kappa shape index (κ1) is 19.9. The predicted molar refractivity (Wildman–Crippen MR) is 116 cm³/mol. The number of carbonyl (C=O) groups is 2. The van der Waals surface area contributed by atoms with Gasteiger partial charge < -0.3 is 20.7 Å². The van der Waals surface area contributed by atoms with E-state index in [1.807, 2.05) is 37.3 Å². The highest BCUT2D eigenvalue weighted by Gasteiger charge is 2.08. The predicted octanol–water partition coefficient (Wildman–Crippen LogP) is 4.39. The maximum absolute atomic E-state index is 12.4. The summed E-state index contributed by atoms with van der Waals surface area (Å²) in [5.74, 6) is 0.366. The van der Waals surface area contributed by atoms with E-state index in [1.54, 1.807) is 48.5 Å². The lowest BCUT2D eigenvalue weighted by atomic mass is 10.2. The first-order valence-electron chi connectivity index (χ1n) is 9.37. The molecule has 0 radical (unpaired) electrons. The molecule has 3 rings (SSSR count). The minimum absolute atomic E-state index is 0.157. The third kappa shape index (κ3) is 6.10. The van der Waals surface area contributed by atoms with Crippen LogP contribution in [0.1, 0.15) is 17.3 Å². The largest absolute Gasteiger partial charge is 0.494 e. The first-order valence-corrected chi connectivity index (χ1v) is 9.37. The molecule has 0 bridgehead atoms. The van der Waals surface area contributed by atoms with Crippen molar-refractivity contribution in [2.24, 2.45) is 0 Å². The molecule has 0 aliphatic carbocycles. The number of ether oxygens (including phenoxy) is 1. The number of para-hydroxylation sites is 1. The van der Waals surface area contributed by atoms with Gasteiger partial charge in [0, 0.05) is 22.6 Å². The van der Waals surface area contributed by atoms with Gasteiger partial charge in [-0.3, -0.25) is 9.59 Å². The Morgan fingerprint density at radius 3 is 2.03 bits per heavy atom. The van der Waals surface area contributed by atoms with Crippen molar-refractivity contribution in [2.75, 3.05) is 29.1 Å². The van der Waals surface area contributed by atoms with Crippen LogP contribution in [0.2, 0.25) is 0 Å². The van der Waals surface area contributed by atoms with Gasteiger partial charge in [0.2, 0.25) is 5.91 Å². The van der Waals surface area contributed by atoms with Crippen LogP contribution >= 0.6 is 0 Å². The van der Waals surface area contributed by atoms with Crippen molar-refractivity contribution in [1.82, 2.24) is 0 Å². The summed E-state index contributed by atoms with van der Waals surface area (Å²) < 4.78 is 5.39. The molecular formula is C23H23N3O3. The molecule has 6 nitrogen and oxygen atoms in total. The van der Waals surface area contributed by atoms with Crippen LogP contribution in [0.3, 0.4) is 0 Å². The lowest BCUT2D eigenvalue weighted by molar-refractivity contribution is -0.114. The molecule has 0 aliphatic rings. The second kappa shape index (κ2) is 9.94. The summed E-state index contributed by atoms with van der Waals surface area (Å²) >= 11 is 0. The highest BCUT2D eigenvalue weighted by Crippen LogP contribution is 2.17. The van der Waals surface area contributed by atoms with Gasteiger partial charge in [-0.2, -0.15) is 0 Å². The van der Waals surface area contributed by atoms with Crippen molar-refractivity contribution in [3.8, 4) is 5.75 Å². The molecule has 3 N–H and O–H groups in total. The molecule has 0 aromatic heterocycles. The second-order valence-electron chi connectivity index (χ2n) is 6.26. The maximum Gasteiger partial charge on any atom is 0.255 e. The van der Waals surface area contributed by atoms with Gasteiger partial charge in [-0.1, -0.05) is 18.2 Å². The van der Waals surface area contributed by atoms with Crippen molar-refractivity contribution in [3.63, 3.8) is 0 Å². The van der Waals surface area contributed by atoms with Crippen LogP contribution < -0.4 is 20.7 Å². The third-order valence-electron chi connectivity index (χ3n) is 4.08. The fourth-order valence-electron chi connectivity index (χ4n) is 2.65. The van der Waals surface area contributed by atoms with E-state index in [4.69, 9.17) is 4.74 Å². The third-order valence-corrected chi connectivity index (χ3v) is 4.08. The van der Waals surface area contributed by atoms with Crippen LogP contribution in [0.5, 0.6) is 5.75 Å². The number of amides is 2. The highest BCUT2D eigenvalue weighted by atomic mass is 16.5. The van der Waals surface area contributed by atoms with E-state index in [1.165, 1.54) is 0 Å². The lowest BCUT2D eigenvalue weighted by Gasteiger charge is -2.09. The number of rotatable bonds is 8.